The Morgan fingerprint density at radius 2 is 2.00 bits per heavy atom. The second-order valence-electron chi connectivity index (χ2n) is 3.46. The maximum Gasteiger partial charge on any atom is 0.410 e. The molecule has 1 rings (SSSR count). The lowest BCUT2D eigenvalue weighted by molar-refractivity contribution is 0.107. The number of amides is 1. The van der Waals surface area contributed by atoms with E-state index in [0.29, 0.717) is 29.7 Å². The third-order valence-corrected chi connectivity index (χ3v) is 3.00. The van der Waals surface area contributed by atoms with Gasteiger partial charge in [0.2, 0.25) is 0 Å². The zero-order valence-electron chi connectivity index (χ0n) is 9.87. The van der Waals surface area contributed by atoms with E-state index < -0.39 is 0 Å². The number of halogens is 2. The summed E-state index contributed by atoms with van der Waals surface area (Å²) in [7, 11) is 0. The van der Waals surface area contributed by atoms with Gasteiger partial charge < -0.3 is 9.64 Å². The molecule has 0 aromatic heterocycles. The lowest BCUT2D eigenvalue weighted by Gasteiger charge is -2.20. The summed E-state index contributed by atoms with van der Waals surface area (Å²) in [6, 6.07) is 5.32. The Kier molecular flexibility index (Phi) is 5.59. The van der Waals surface area contributed by atoms with E-state index in [-0.39, 0.29) is 6.09 Å². The first-order chi connectivity index (χ1) is 8.08. The predicted octanol–water partition coefficient (Wildman–Crippen LogP) is 3.97. The highest BCUT2D eigenvalue weighted by atomic mass is 35.5. The monoisotopic (exact) mass is 275 g/mol. The number of nitrogens with zero attached hydrogens (tertiary/aromatic N) is 1. The van der Waals surface area contributed by atoms with E-state index in [1.165, 1.54) is 0 Å². The van der Waals surface area contributed by atoms with Crippen molar-refractivity contribution in [2.45, 2.75) is 20.4 Å². The normalized spacial score (nSPS) is 10.1. The minimum atomic E-state index is -0.318. The van der Waals surface area contributed by atoms with Gasteiger partial charge in [-0.2, -0.15) is 0 Å². The number of benzene rings is 1. The fourth-order valence-corrected chi connectivity index (χ4v) is 1.70. The molecule has 1 aromatic rings. The number of rotatable bonds is 4. The molecule has 0 aliphatic rings. The first-order valence-electron chi connectivity index (χ1n) is 5.44. The van der Waals surface area contributed by atoms with Crippen LogP contribution in [0, 0.1) is 0 Å². The summed E-state index contributed by atoms with van der Waals surface area (Å²) < 4.78 is 4.95. The summed E-state index contributed by atoms with van der Waals surface area (Å²) >= 11 is 11.7. The molecule has 1 aromatic carbocycles. The highest BCUT2D eigenvalue weighted by Crippen LogP contribution is 2.23. The van der Waals surface area contributed by atoms with E-state index in [2.05, 4.69) is 0 Å². The lowest BCUT2D eigenvalue weighted by atomic mass is 10.2. The molecule has 0 aliphatic carbocycles. The van der Waals surface area contributed by atoms with Gasteiger partial charge in [0.15, 0.2) is 0 Å². The lowest BCUT2D eigenvalue weighted by Crippen LogP contribution is -2.30. The Hall–Kier alpha value is -0.930. The summed E-state index contributed by atoms with van der Waals surface area (Å²) in [6.45, 7) is 5.10. The Balaban J connectivity index is 2.73. The SMILES string of the molecule is CCOC(=O)N(CC)Cc1ccc(Cl)c(Cl)c1. The van der Waals surface area contributed by atoms with Crippen LogP contribution in [-0.4, -0.2) is 24.1 Å². The van der Waals surface area contributed by atoms with Crippen LogP contribution in [0.15, 0.2) is 18.2 Å². The summed E-state index contributed by atoms with van der Waals surface area (Å²) in [6.07, 6.45) is -0.318. The maximum atomic E-state index is 11.6. The van der Waals surface area contributed by atoms with Gasteiger partial charge in [0.1, 0.15) is 0 Å². The molecule has 0 atom stereocenters. The number of ether oxygens (including phenoxy) is 1. The molecular formula is C12H15Cl2NO2. The third-order valence-electron chi connectivity index (χ3n) is 2.27. The molecule has 0 bridgehead atoms. The molecule has 94 valence electrons. The average molecular weight is 276 g/mol. The molecule has 0 saturated heterocycles. The molecule has 0 saturated carbocycles. The highest BCUT2D eigenvalue weighted by molar-refractivity contribution is 6.42. The van der Waals surface area contributed by atoms with E-state index in [0.717, 1.165) is 5.56 Å². The number of carbonyl (C=O) groups is 1. The largest absolute Gasteiger partial charge is 0.450 e. The van der Waals surface area contributed by atoms with E-state index in [4.69, 9.17) is 27.9 Å². The molecule has 0 radical (unpaired) electrons. The van der Waals surface area contributed by atoms with Crippen molar-refractivity contribution >= 4 is 29.3 Å². The van der Waals surface area contributed by atoms with Gasteiger partial charge in [-0.3, -0.25) is 0 Å². The summed E-state index contributed by atoms with van der Waals surface area (Å²) in [5.41, 5.74) is 0.925. The zero-order chi connectivity index (χ0) is 12.8. The van der Waals surface area contributed by atoms with Crippen LogP contribution in [0.3, 0.4) is 0 Å². The zero-order valence-corrected chi connectivity index (χ0v) is 11.4. The molecule has 5 heteroatoms. The molecular weight excluding hydrogens is 261 g/mol. The van der Waals surface area contributed by atoms with Gasteiger partial charge >= 0.3 is 6.09 Å². The first kappa shape index (κ1) is 14.1. The Morgan fingerprint density at radius 3 is 2.53 bits per heavy atom. The van der Waals surface area contributed by atoms with Crippen molar-refractivity contribution in [3.05, 3.63) is 33.8 Å². The van der Waals surface area contributed by atoms with Gasteiger partial charge in [0.25, 0.3) is 0 Å². The van der Waals surface area contributed by atoms with Crippen LogP contribution >= 0.6 is 23.2 Å². The van der Waals surface area contributed by atoms with Gasteiger partial charge in [0, 0.05) is 13.1 Å². The number of carbonyl (C=O) groups excluding carboxylic acids is 1. The van der Waals surface area contributed by atoms with Crippen LogP contribution in [0.4, 0.5) is 4.79 Å². The van der Waals surface area contributed by atoms with Gasteiger partial charge in [0.05, 0.1) is 16.7 Å². The van der Waals surface area contributed by atoms with Crippen LogP contribution in [0.5, 0.6) is 0 Å². The fourth-order valence-electron chi connectivity index (χ4n) is 1.38. The first-order valence-corrected chi connectivity index (χ1v) is 6.19. The standard InChI is InChI=1S/C12H15Cl2NO2/c1-3-15(12(16)17-4-2)8-9-5-6-10(13)11(14)7-9/h5-7H,3-4,8H2,1-2H3. The molecule has 0 N–H and O–H groups in total. The molecule has 0 aliphatic heterocycles. The third kappa shape index (κ3) is 4.10. The minimum absolute atomic E-state index is 0.318. The van der Waals surface area contributed by atoms with E-state index in [1.54, 1.807) is 24.0 Å². The molecule has 0 spiro atoms. The fraction of sp³-hybridized carbons (Fsp3) is 0.417. The van der Waals surface area contributed by atoms with Crippen molar-refractivity contribution in [1.82, 2.24) is 4.90 Å². The van der Waals surface area contributed by atoms with Crippen molar-refractivity contribution in [2.24, 2.45) is 0 Å². The second kappa shape index (κ2) is 6.72. The molecule has 0 unspecified atom stereocenters. The minimum Gasteiger partial charge on any atom is -0.450 e. The van der Waals surface area contributed by atoms with Crippen LogP contribution in [0.1, 0.15) is 19.4 Å². The van der Waals surface area contributed by atoms with Gasteiger partial charge in [-0.05, 0) is 31.5 Å². The van der Waals surface area contributed by atoms with Crippen molar-refractivity contribution in [3.8, 4) is 0 Å². The van der Waals surface area contributed by atoms with Gasteiger partial charge in [-0.25, -0.2) is 4.79 Å². The Labute approximate surface area is 111 Å². The van der Waals surface area contributed by atoms with Crippen molar-refractivity contribution < 1.29 is 9.53 Å². The molecule has 0 fully saturated rings. The van der Waals surface area contributed by atoms with Crippen LogP contribution in [0.25, 0.3) is 0 Å². The number of hydrogen-bond donors (Lipinski definition) is 0. The van der Waals surface area contributed by atoms with Gasteiger partial charge in [-0.1, -0.05) is 29.3 Å². The van der Waals surface area contributed by atoms with Crippen LogP contribution < -0.4 is 0 Å². The Bertz CT molecular complexity index is 396. The molecule has 3 nitrogen and oxygen atoms in total. The van der Waals surface area contributed by atoms with Crippen molar-refractivity contribution in [3.63, 3.8) is 0 Å². The summed E-state index contributed by atoms with van der Waals surface area (Å²) in [4.78, 5) is 13.2. The van der Waals surface area contributed by atoms with E-state index >= 15 is 0 Å². The van der Waals surface area contributed by atoms with Crippen molar-refractivity contribution in [2.75, 3.05) is 13.2 Å². The predicted molar refractivity (Wildman–Crippen MR) is 69.6 cm³/mol. The topological polar surface area (TPSA) is 29.5 Å². The smallest absolute Gasteiger partial charge is 0.410 e. The van der Waals surface area contributed by atoms with Crippen LogP contribution in [0.2, 0.25) is 10.0 Å². The van der Waals surface area contributed by atoms with Crippen molar-refractivity contribution in [1.29, 1.82) is 0 Å². The maximum absolute atomic E-state index is 11.6. The quantitative estimate of drug-likeness (QED) is 0.832. The van der Waals surface area contributed by atoms with Crippen LogP contribution in [-0.2, 0) is 11.3 Å². The Morgan fingerprint density at radius 1 is 1.29 bits per heavy atom. The molecule has 17 heavy (non-hydrogen) atoms. The van der Waals surface area contributed by atoms with E-state index in [1.807, 2.05) is 13.0 Å². The molecule has 0 heterocycles. The molecule has 1 amide bonds. The van der Waals surface area contributed by atoms with E-state index in [9.17, 15) is 4.79 Å². The summed E-state index contributed by atoms with van der Waals surface area (Å²) in [5.74, 6) is 0. The average Bonchev–Trinajstić information content (AvgIpc) is 2.30. The highest BCUT2D eigenvalue weighted by Gasteiger charge is 2.13. The van der Waals surface area contributed by atoms with Gasteiger partial charge in [-0.15, -0.1) is 0 Å². The number of hydrogen-bond acceptors (Lipinski definition) is 2. The second-order valence-corrected chi connectivity index (χ2v) is 4.28. The summed E-state index contributed by atoms with van der Waals surface area (Å²) in [5, 5.41) is 0.999.